The lowest BCUT2D eigenvalue weighted by atomic mass is 9.85. The van der Waals surface area contributed by atoms with Gasteiger partial charge in [-0.1, -0.05) is 0 Å². The summed E-state index contributed by atoms with van der Waals surface area (Å²) in [6.45, 7) is 18.4. The first-order chi connectivity index (χ1) is 16.3. The van der Waals surface area contributed by atoms with E-state index in [1.807, 2.05) is 61.6 Å². The maximum atomic E-state index is 12.5. The highest BCUT2D eigenvalue weighted by molar-refractivity contribution is 5.68. The van der Waals surface area contributed by atoms with Crippen molar-refractivity contribution >= 4 is 6.09 Å². The van der Waals surface area contributed by atoms with Crippen molar-refractivity contribution in [2.45, 2.75) is 97.2 Å². The standard InChI is InChI=1S/C26H43N3O6/c1-9-32-26(8,17-31-15-20-16-33-25(6,7)34-20)21-14-27-18(2)28-22(21)19-10-12-29(13-11-19)23(30)35-24(3,4)5/h14,19-20H,9-13,15-17H2,1-8H3/t20-,26?/m1/s1. The van der Waals surface area contributed by atoms with Crippen molar-refractivity contribution in [1.29, 1.82) is 0 Å². The number of hydrogen-bond donors (Lipinski definition) is 0. The van der Waals surface area contributed by atoms with Gasteiger partial charge in [-0.15, -0.1) is 0 Å². The molecule has 0 spiro atoms. The first kappa shape index (κ1) is 27.8. The van der Waals surface area contributed by atoms with Crippen LogP contribution < -0.4 is 0 Å². The molecule has 1 unspecified atom stereocenters. The van der Waals surface area contributed by atoms with Gasteiger partial charge < -0.3 is 28.6 Å². The van der Waals surface area contributed by atoms with E-state index in [9.17, 15) is 4.79 Å². The molecule has 0 aromatic carbocycles. The van der Waals surface area contributed by atoms with E-state index in [1.54, 1.807) is 4.90 Å². The second-order valence-corrected chi connectivity index (χ2v) is 11.1. The average molecular weight is 494 g/mol. The van der Waals surface area contributed by atoms with Crippen LogP contribution in [0.3, 0.4) is 0 Å². The smallest absolute Gasteiger partial charge is 0.410 e. The molecule has 198 valence electrons. The molecule has 2 aliphatic heterocycles. The fourth-order valence-electron chi connectivity index (χ4n) is 4.61. The molecular formula is C26H43N3O6. The zero-order valence-electron chi connectivity index (χ0n) is 22.7. The molecule has 3 rings (SSSR count). The van der Waals surface area contributed by atoms with Crippen LogP contribution in [-0.2, 0) is 29.3 Å². The third-order valence-electron chi connectivity index (χ3n) is 6.25. The minimum absolute atomic E-state index is 0.109. The number of nitrogens with zero attached hydrogens (tertiary/aromatic N) is 3. The zero-order chi connectivity index (χ0) is 25.9. The Labute approximate surface area is 209 Å². The number of aryl methyl sites for hydroxylation is 1. The lowest BCUT2D eigenvalue weighted by Crippen LogP contribution is -2.42. The summed E-state index contributed by atoms with van der Waals surface area (Å²) in [6, 6.07) is 0. The molecule has 2 fully saturated rings. The van der Waals surface area contributed by atoms with Crippen molar-refractivity contribution < 1.29 is 28.5 Å². The summed E-state index contributed by atoms with van der Waals surface area (Å²) in [4.78, 5) is 23.6. The van der Waals surface area contributed by atoms with Gasteiger partial charge in [0.25, 0.3) is 0 Å². The first-order valence-electron chi connectivity index (χ1n) is 12.7. The van der Waals surface area contributed by atoms with Crippen LogP contribution in [0, 0.1) is 6.92 Å². The molecule has 9 nitrogen and oxygen atoms in total. The Morgan fingerprint density at radius 1 is 1.23 bits per heavy atom. The quantitative estimate of drug-likeness (QED) is 0.529. The van der Waals surface area contributed by atoms with Crippen molar-refractivity contribution in [3.8, 4) is 0 Å². The second kappa shape index (κ2) is 11.1. The van der Waals surface area contributed by atoms with E-state index < -0.39 is 17.0 Å². The molecule has 9 heteroatoms. The minimum atomic E-state index is -0.713. The number of ether oxygens (including phenoxy) is 5. The fraction of sp³-hybridized carbons (Fsp3) is 0.808. The van der Waals surface area contributed by atoms with Crippen LogP contribution in [0.5, 0.6) is 0 Å². The van der Waals surface area contributed by atoms with E-state index in [0.717, 1.165) is 29.9 Å². The average Bonchev–Trinajstić information content (AvgIpc) is 3.11. The van der Waals surface area contributed by atoms with Crippen molar-refractivity contribution in [2.24, 2.45) is 0 Å². The summed E-state index contributed by atoms with van der Waals surface area (Å²) in [7, 11) is 0. The molecular weight excluding hydrogens is 450 g/mol. The first-order valence-corrected chi connectivity index (χ1v) is 12.7. The van der Waals surface area contributed by atoms with E-state index in [2.05, 4.69) is 4.98 Å². The van der Waals surface area contributed by atoms with Gasteiger partial charge in [0, 0.05) is 37.4 Å². The maximum absolute atomic E-state index is 12.5. The lowest BCUT2D eigenvalue weighted by Gasteiger charge is -2.36. The monoisotopic (exact) mass is 493 g/mol. The Morgan fingerprint density at radius 3 is 2.49 bits per heavy atom. The Kier molecular flexibility index (Phi) is 8.78. The number of carbonyl (C=O) groups is 1. The van der Waals surface area contributed by atoms with E-state index in [1.165, 1.54) is 0 Å². The molecule has 0 bridgehead atoms. The Hall–Kier alpha value is -1.81. The molecule has 0 N–H and O–H groups in total. The molecule has 0 aliphatic carbocycles. The maximum Gasteiger partial charge on any atom is 0.410 e. The number of carbonyl (C=O) groups excluding carboxylic acids is 1. The van der Waals surface area contributed by atoms with Gasteiger partial charge in [0.1, 0.15) is 23.1 Å². The van der Waals surface area contributed by atoms with Gasteiger partial charge in [-0.25, -0.2) is 14.8 Å². The van der Waals surface area contributed by atoms with Gasteiger partial charge in [-0.05, 0) is 68.2 Å². The number of hydrogen-bond acceptors (Lipinski definition) is 8. The Bertz CT molecular complexity index is 863. The predicted molar refractivity (Wildman–Crippen MR) is 131 cm³/mol. The summed E-state index contributed by atoms with van der Waals surface area (Å²) >= 11 is 0. The third kappa shape index (κ3) is 7.59. The molecule has 2 aliphatic rings. The molecule has 35 heavy (non-hydrogen) atoms. The van der Waals surface area contributed by atoms with Gasteiger partial charge in [-0.2, -0.15) is 0 Å². The van der Waals surface area contributed by atoms with Gasteiger partial charge in [0.2, 0.25) is 0 Å². The number of piperidine rings is 1. The highest BCUT2D eigenvalue weighted by Crippen LogP contribution is 2.36. The topological polar surface area (TPSA) is 92.2 Å². The van der Waals surface area contributed by atoms with E-state index >= 15 is 0 Å². The molecule has 0 saturated carbocycles. The second-order valence-electron chi connectivity index (χ2n) is 11.1. The predicted octanol–water partition coefficient (Wildman–Crippen LogP) is 4.32. The Balaban J connectivity index is 1.71. The number of aromatic nitrogens is 2. The molecule has 1 aromatic heterocycles. The Morgan fingerprint density at radius 2 is 1.91 bits per heavy atom. The van der Waals surface area contributed by atoms with Crippen LogP contribution in [-0.4, -0.2) is 78.0 Å². The molecule has 2 saturated heterocycles. The van der Waals surface area contributed by atoms with Crippen LogP contribution in [0.15, 0.2) is 6.20 Å². The third-order valence-corrected chi connectivity index (χ3v) is 6.25. The van der Waals surface area contributed by atoms with Crippen molar-refractivity contribution in [2.75, 3.05) is 39.5 Å². The summed E-state index contributed by atoms with van der Waals surface area (Å²) < 4.78 is 29.4. The summed E-state index contributed by atoms with van der Waals surface area (Å²) in [5, 5.41) is 0. The van der Waals surface area contributed by atoms with E-state index in [0.29, 0.717) is 39.5 Å². The minimum Gasteiger partial charge on any atom is -0.444 e. The van der Waals surface area contributed by atoms with Gasteiger partial charge >= 0.3 is 6.09 Å². The van der Waals surface area contributed by atoms with Crippen molar-refractivity contribution in [1.82, 2.24) is 14.9 Å². The van der Waals surface area contributed by atoms with Crippen LogP contribution >= 0.6 is 0 Å². The zero-order valence-corrected chi connectivity index (χ0v) is 22.7. The molecule has 2 atom stereocenters. The van der Waals surface area contributed by atoms with Crippen LogP contribution in [0.4, 0.5) is 4.79 Å². The number of rotatable bonds is 8. The highest BCUT2D eigenvalue weighted by atomic mass is 16.7. The number of amides is 1. The van der Waals surface area contributed by atoms with Crippen molar-refractivity contribution in [3.63, 3.8) is 0 Å². The van der Waals surface area contributed by atoms with E-state index in [4.69, 9.17) is 28.7 Å². The van der Waals surface area contributed by atoms with Crippen LogP contribution in [0.25, 0.3) is 0 Å². The van der Waals surface area contributed by atoms with E-state index in [-0.39, 0.29) is 18.1 Å². The fourth-order valence-corrected chi connectivity index (χ4v) is 4.61. The molecule has 0 radical (unpaired) electrons. The normalized spacial score (nSPS) is 22.7. The van der Waals surface area contributed by atoms with Gasteiger partial charge in [0.15, 0.2) is 5.79 Å². The summed E-state index contributed by atoms with van der Waals surface area (Å²) in [6.07, 6.45) is 3.10. The summed E-state index contributed by atoms with van der Waals surface area (Å²) in [5.74, 6) is 0.331. The molecule has 3 heterocycles. The van der Waals surface area contributed by atoms with Crippen molar-refractivity contribution in [3.05, 3.63) is 23.3 Å². The largest absolute Gasteiger partial charge is 0.444 e. The SMILES string of the molecule is CCOC(C)(COC[C@@H]1COC(C)(C)O1)c1cnc(C)nc1C1CCN(C(=O)OC(C)(C)C)CC1. The molecule has 1 amide bonds. The van der Waals surface area contributed by atoms with Gasteiger partial charge in [0.05, 0.1) is 25.5 Å². The van der Waals surface area contributed by atoms with Crippen LogP contribution in [0.1, 0.15) is 84.3 Å². The van der Waals surface area contributed by atoms with Gasteiger partial charge in [-0.3, -0.25) is 0 Å². The highest BCUT2D eigenvalue weighted by Gasteiger charge is 2.37. The van der Waals surface area contributed by atoms with Crippen LogP contribution in [0.2, 0.25) is 0 Å². The number of likely N-dealkylation sites (tertiary alicyclic amines) is 1. The lowest BCUT2D eigenvalue weighted by molar-refractivity contribution is -0.151. The molecule has 1 aromatic rings. The summed E-state index contributed by atoms with van der Waals surface area (Å²) in [5.41, 5.74) is 0.692.